The van der Waals surface area contributed by atoms with Crippen molar-refractivity contribution in [1.29, 1.82) is 0 Å². The van der Waals surface area contributed by atoms with E-state index in [-0.39, 0.29) is 6.04 Å². The Morgan fingerprint density at radius 2 is 2.06 bits per heavy atom. The molecule has 0 saturated carbocycles. The van der Waals surface area contributed by atoms with Gasteiger partial charge in [-0.05, 0) is 36.8 Å². The molecule has 0 saturated heterocycles. The number of aromatic nitrogens is 1. The minimum absolute atomic E-state index is 0.193. The van der Waals surface area contributed by atoms with Gasteiger partial charge in [0.25, 0.3) is 0 Å². The summed E-state index contributed by atoms with van der Waals surface area (Å²) in [5, 5.41) is 3.32. The van der Waals surface area contributed by atoms with E-state index in [9.17, 15) is 0 Å². The second-order valence-corrected chi connectivity index (χ2v) is 3.75. The smallest absolute Gasteiger partial charge is 0.126 e. The monoisotopic (exact) mass is 213 g/mol. The van der Waals surface area contributed by atoms with Gasteiger partial charge in [-0.1, -0.05) is 18.2 Å². The summed E-state index contributed by atoms with van der Waals surface area (Å²) in [5.74, 6) is 0.873. The van der Waals surface area contributed by atoms with Crippen LogP contribution in [0.25, 0.3) is 0 Å². The standard InChI is InChI=1S/C13H15N3/c1-10(11-5-4-6-12(14)9-11)16-13-7-2-3-8-15-13/h2-10H,14H2,1H3,(H,15,16). The van der Waals surface area contributed by atoms with E-state index in [2.05, 4.69) is 23.3 Å². The van der Waals surface area contributed by atoms with Crippen LogP contribution in [0, 0.1) is 0 Å². The highest BCUT2D eigenvalue weighted by molar-refractivity contribution is 5.44. The largest absolute Gasteiger partial charge is 0.399 e. The second kappa shape index (κ2) is 4.66. The summed E-state index contributed by atoms with van der Waals surface area (Å²) in [5.41, 5.74) is 7.69. The zero-order chi connectivity index (χ0) is 11.4. The van der Waals surface area contributed by atoms with Crippen molar-refractivity contribution in [3.63, 3.8) is 0 Å². The first-order valence-electron chi connectivity index (χ1n) is 5.29. The van der Waals surface area contributed by atoms with E-state index in [4.69, 9.17) is 5.73 Å². The molecular formula is C13H15N3. The van der Waals surface area contributed by atoms with E-state index in [1.54, 1.807) is 6.20 Å². The molecule has 0 aliphatic heterocycles. The maximum absolute atomic E-state index is 5.75. The first-order chi connectivity index (χ1) is 7.75. The van der Waals surface area contributed by atoms with Gasteiger partial charge in [-0.25, -0.2) is 4.98 Å². The first kappa shape index (κ1) is 10.5. The number of hydrogen-bond acceptors (Lipinski definition) is 3. The SMILES string of the molecule is CC(Nc1ccccn1)c1cccc(N)c1. The molecule has 0 aliphatic rings. The second-order valence-electron chi connectivity index (χ2n) is 3.75. The number of benzene rings is 1. The molecule has 1 atom stereocenters. The molecule has 1 aromatic carbocycles. The summed E-state index contributed by atoms with van der Waals surface area (Å²) in [6.07, 6.45) is 1.77. The minimum Gasteiger partial charge on any atom is -0.399 e. The molecule has 2 rings (SSSR count). The van der Waals surface area contributed by atoms with Crippen LogP contribution in [0.1, 0.15) is 18.5 Å². The lowest BCUT2D eigenvalue weighted by Gasteiger charge is -2.15. The van der Waals surface area contributed by atoms with Crippen LogP contribution in [0.4, 0.5) is 11.5 Å². The molecule has 3 N–H and O–H groups in total. The van der Waals surface area contributed by atoms with Crippen LogP contribution < -0.4 is 11.1 Å². The highest BCUT2D eigenvalue weighted by atomic mass is 15.0. The Bertz CT molecular complexity index is 454. The predicted molar refractivity (Wildman–Crippen MR) is 67.1 cm³/mol. The number of rotatable bonds is 3. The van der Waals surface area contributed by atoms with Crippen LogP contribution >= 0.6 is 0 Å². The molecule has 82 valence electrons. The van der Waals surface area contributed by atoms with Gasteiger partial charge in [0.2, 0.25) is 0 Å². The Morgan fingerprint density at radius 3 is 2.75 bits per heavy atom. The van der Waals surface area contributed by atoms with Crippen LogP contribution in [0.3, 0.4) is 0 Å². The average Bonchev–Trinajstić information content (AvgIpc) is 2.30. The van der Waals surface area contributed by atoms with Crippen molar-refractivity contribution in [3.05, 3.63) is 54.2 Å². The molecule has 3 nitrogen and oxygen atoms in total. The number of nitrogens with one attached hydrogen (secondary N) is 1. The lowest BCUT2D eigenvalue weighted by atomic mass is 10.1. The Morgan fingerprint density at radius 1 is 1.19 bits per heavy atom. The molecule has 2 aromatic rings. The van der Waals surface area contributed by atoms with Gasteiger partial charge < -0.3 is 11.1 Å². The van der Waals surface area contributed by atoms with E-state index in [0.29, 0.717) is 0 Å². The number of nitrogen functional groups attached to an aromatic ring is 1. The van der Waals surface area contributed by atoms with Gasteiger partial charge in [-0.3, -0.25) is 0 Å². The molecule has 0 aliphatic carbocycles. The fourth-order valence-electron chi connectivity index (χ4n) is 1.58. The van der Waals surface area contributed by atoms with E-state index in [1.807, 2.05) is 36.4 Å². The third-order valence-electron chi connectivity index (χ3n) is 2.44. The van der Waals surface area contributed by atoms with Crippen LogP contribution in [0.2, 0.25) is 0 Å². The number of nitrogens with zero attached hydrogens (tertiary/aromatic N) is 1. The number of nitrogens with two attached hydrogens (primary N) is 1. The fourth-order valence-corrected chi connectivity index (χ4v) is 1.58. The van der Waals surface area contributed by atoms with E-state index >= 15 is 0 Å². The number of anilines is 2. The molecule has 1 aromatic heterocycles. The van der Waals surface area contributed by atoms with Crippen molar-refractivity contribution in [2.45, 2.75) is 13.0 Å². The minimum atomic E-state index is 0.193. The summed E-state index contributed by atoms with van der Waals surface area (Å²) in [7, 11) is 0. The van der Waals surface area contributed by atoms with Crippen molar-refractivity contribution in [2.75, 3.05) is 11.1 Å². The first-order valence-corrected chi connectivity index (χ1v) is 5.29. The quantitative estimate of drug-likeness (QED) is 0.771. The Balaban J connectivity index is 2.12. The zero-order valence-corrected chi connectivity index (χ0v) is 9.22. The van der Waals surface area contributed by atoms with Crippen molar-refractivity contribution in [1.82, 2.24) is 4.98 Å². The Hall–Kier alpha value is -2.03. The summed E-state index contributed by atoms with van der Waals surface area (Å²) < 4.78 is 0. The van der Waals surface area contributed by atoms with E-state index in [0.717, 1.165) is 17.1 Å². The van der Waals surface area contributed by atoms with Crippen LogP contribution in [-0.2, 0) is 0 Å². The van der Waals surface area contributed by atoms with Crippen molar-refractivity contribution in [3.8, 4) is 0 Å². The molecule has 0 amide bonds. The summed E-state index contributed by atoms with van der Waals surface area (Å²) in [6.45, 7) is 2.09. The highest BCUT2D eigenvalue weighted by Crippen LogP contribution is 2.19. The molecule has 1 unspecified atom stereocenters. The third kappa shape index (κ3) is 2.51. The Labute approximate surface area is 95.3 Å². The lowest BCUT2D eigenvalue weighted by Crippen LogP contribution is -2.07. The molecule has 0 fully saturated rings. The van der Waals surface area contributed by atoms with E-state index < -0.39 is 0 Å². The number of pyridine rings is 1. The summed E-state index contributed by atoms with van der Waals surface area (Å²) in [6, 6.07) is 13.9. The third-order valence-corrected chi connectivity index (χ3v) is 2.44. The van der Waals surface area contributed by atoms with Gasteiger partial charge in [0.1, 0.15) is 5.82 Å². The van der Waals surface area contributed by atoms with Crippen molar-refractivity contribution >= 4 is 11.5 Å². The van der Waals surface area contributed by atoms with Crippen molar-refractivity contribution < 1.29 is 0 Å². The molecule has 3 heteroatoms. The fraction of sp³-hybridized carbons (Fsp3) is 0.154. The van der Waals surface area contributed by atoms with Crippen LogP contribution in [-0.4, -0.2) is 4.98 Å². The predicted octanol–water partition coefficient (Wildman–Crippen LogP) is 2.84. The summed E-state index contributed by atoms with van der Waals surface area (Å²) in [4.78, 5) is 4.22. The van der Waals surface area contributed by atoms with Gasteiger partial charge in [0.05, 0.1) is 6.04 Å². The molecule has 0 spiro atoms. The van der Waals surface area contributed by atoms with Gasteiger partial charge >= 0.3 is 0 Å². The Kier molecular flexibility index (Phi) is 3.05. The zero-order valence-electron chi connectivity index (χ0n) is 9.22. The van der Waals surface area contributed by atoms with E-state index in [1.165, 1.54) is 0 Å². The molecule has 0 radical (unpaired) electrons. The maximum atomic E-state index is 5.75. The van der Waals surface area contributed by atoms with Gasteiger partial charge in [-0.2, -0.15) is 0 Å². The average molecular weight is 213 g/mol. The van der Waals surface area contributed by atoms with Gasteiger partial charge in [0, 0.05) is 11.9 Å². The normalized spacial score (nSPS) is 12.1. The molecular weight excluding hydrogens is 198 g/mol. The molecule has 16 heavy (non-hydrogen) atoms. The van der Waals surface area contributed by atoms with Crippen LogP contribution in [0.15, 0.2) is 48.7 Å². The topological polar surface area (TPSA) is 50.9 Å². The number of hydrogen-bond donors (Lipinski definition) is 2. The maximum Gasteiger partial charge on any atom is 0.126 e. The lowest BCUT2D eigenvalue weighted by molar-refractivity contribution is 0.875. The molecule has 1 heterocycles. The van der Waals surface area contributed by atoms with Crippen LogP contribution in [0.5, 0.6) is 0 Å². The highest BCUT2D eigenvalue weighted by Gasteiger charge is 2.05. The van der Waals surface area contributed by atoms with Gasteiger partial charge in [0.15, 0.2) is 0 Å². The summed E-state index contributed by atoms with van der Waals surface area (Å²) >= 11 is 0. The van der Waals surface area contributed by atoms with Crippen molar-refractivity contribution in [2.24, 2.45) is 0 Å². The van der Waals surface area contributed by atoms with Gasteiger partial charge in [-0.15, -0.1) is 0 Å². The molecule has 0 bridgehead atoms.